The van der Waals surface area contributed by atoms with Gasteiger partial charge in [0.2, 0.25) is 18.2 Å². The van der Waals surface area contributed by atoms with Gasteiger partial charge in [0, 0.05) is 7.05 Å². The highest BCUT2D eigenvalue weighted by atomic mass is 16.1. The van der Waals surface area contributed by atoms with Crippen LogP contribution in [0.5, 0.6) is 0 Å². The Labute approximate surface area is 101 Å². The van der Waals surface area contributed by atoms with Gasteiger partial charge in [0.05, 0.1) is 0 Å². The van der Waals surface area contributed by atoms with Gasteiger partial charge in [0.1, 0.15) is 0 Å². The Morgan fingerprint density at radius 1 is 0.750 bits per heavy atom. The van der Waals surface area contributed by atoms with Gasteiger partial charge in [0.25, 0.3) is 0 Å². The Bertz CT molecular complexity index is 152. The fourth-order valence-electron chi connectivity index (χ4n) is 0. The molecule has 0 aromatic rings. The van der Waals surface area contributed by atoms with E-state index in [1.807, 2.05) is 0 Å². The normalized spacial score (nSPS) is 2.06. The van der Waals surface area contributed by atoms with Crippen LogP contribution < -0.4 is 0 Å². The maximum Gasteiger partial charge on any atom is 0.234 e. The van der Waals surface area contributed by atoms with Crippen LogP contribution in [0.1, 0.15) is 44.6 Å². The lowest BCUT2D eigenvalue weighted by molar-refractivity contribution is 0.562. The first-order valence-electron chi connectivity index (χ1n) is 1.78. The number of carbonyl (C=O) groups excluding carboxylic acids is 3. The number of hydrogen-bond donors (Lipinski definition) is 2. The Morgan fingerprint density at radius 2 is 0.812 bits per heavy atom. The molecule has 0 saturated carbocycles. The zero-order chi connectivity index (χ0) is 8.83. The summed E-state index contributed by atoms with van der Waals surface area (Å²) in [6.07, 6.45) is 2.81. The van der Waals surface area contributed by atoms with Crippen molar-refractivity contribution < 1.29 is 14.4 Å². The molecule has 0 aromatic heterocycles. The van der Waals surface area contributed by atoms with Crippen molar-refractivity contribution in [2.45, 2.75) is 44.6 Å². The van der Waals surface area contributed by atoms with E-state index < -0.39 is 0 Å². The van der Waals surface area contributed by atoms with Gasteiger partial charge in [-0.25, -0.2) is 30.2 Å². The Hall–Kier alpha value is -1.86. The van der Waals surface area contributed by atoms with Crippen molar-refractivity contribution in [2.24, 2.45) is 4.99 Å². The minimum absolute atomic E-state index is 0. The monoisotopic (exact) mass is 239 g/mol. The second kappa shape index (κ2) is 423. The fourth-order valence-corrected chi connectivity index (χ4v) is 0. The summed E-state index contributed by atoms with van der Waals surface area (Å²) in [5.74, 6) is 0. The molecule has 6 nitrogen and oxygen atoms in total. The van der Waals surface area contributed by atoms with Crippen LogP contribution in [-0.2, 0) is 14.4 Å². The molecule has 0 bridgehead atoms. The van der Waals surface area contributed by atoms with Crippen LogP contribution in [-0.4, -0.2) is 25.3 Å². The molecule has 0 aromatic carbocycles. The highest BCUT2D eigenvalue weighted by Gasteiger charge is 1.29. The summed E-state index contributed by atoms with van der Waals surface area (Å²) >= 11 is 0. The van der Waals surface area contributed by atoms with Crippen molar-refractivity contribution in [1.29, 1.82) is 10.8 Å². The Kier molecular flexibility index (Phi) is 2440. The molecular formula is C10H29N3O3. The Morgan fingerprint density at radius 3 is 0.812 bits per heavy atom. The van der Waals surface area contributed by atoms with Gasteiger partial charge in [-0.2, -0.15) is 0 Å². The predicted octanol–water partition coefficient (Wildman–Crippen LogP) is 3.57. The number of nitrogens with one attached hydrogen (secondary N) is 2. The highest BCUT2D eigenvalue weighted by molar-refractivity contribution is 5.32. The largest absolute Gasteiger partial charge is 0.234 e. The molecule has 0 amide bonds. The molecule has 0 unspecified atom stereocenters. The molecule has 0 fully saturated rings. The van der Waals surface area contributed by atoms with Gasteiger partial charge in [-0.3, -0.25) is 0 Å². The van der Waals surface area contributed by atoms with Crippen molar-refractivity contribution in [3.05, 3.63) is 0 Å². The molecule has 16 heavy (non-hydrogen) atoms. The van der Waals surface area contributed by atoms with Crippen LogP contribution >= 0.6 is 0 Å². The molecule has 0 aliphatic rings. The van der Waals surface area contributed by atoms with Crippen molar-refractivity contribution in [1.82, 2.24) is 0 Å². The maximum atomic E-state index is 8.88. The standard InChI is InChI=1S/C2H3NO.2CHNO.6CH4/c1-3-2-4;2*2-1-3;;;;;;/h1H3;2*2H;6*1H4. The smallest absolute Gasteiger partial charge is 0.222 e. The molecule has 0 rings (SSSR count). The lowest BCUT2D eigenvalue weighted by atomic mass is 11.4. The minimum Gasteiger partial charge on any atom is -0.222 e. The zero-order valence-corrected chi connectivity index (χ0v) is 5.17. The summed E-state index contributed by atoms with van der Waals surface area (Å²) in [4.78, 5) is 28.5. The van der Waals surface area contributed by atoms with E-state index in [1.54, 1.807) is 0 Å². The van der Waals surface area contributed by atoms with E-state index in [1.165, 1.54) is 13.1 Å². The van der Waals surface area contributed by atoms with Gasteiger partial charge >= 0.3 is 0 Å². The molecular weight excluding hydrogens is 210 g/mol. The van der Waals surface area contributed by atoms with Crippen LogP contribution in [0.3, 0.4) is 0 Å². The first-order chi connectivity index (χ1) is 4.74. The minimum atomic E-state index is 0. The molecule has 0 aliphatic carbocycles. The number of hydrogen-bond acceptors (Lipinski definition) is 6. The van der Waals surface area contributed by atoms with E-state index >= 15 is 0 Å². The average molecular weight is 239 g/mol. The quantitative estimate of drug-likeness (QED) is 0.497. The molecule has 0 radical (unpaired) electrons. The van der Waals surface area contributed by atoms with Gasteiger partial charge in [-0.05, 0) is 0 Å². The number of aliphatic imine (C=N–C) groups is 1. The summed E-state index contributed by atoms with van der Waals surface area (Å²) in [6, 6.07) is 0. The molecule has 2 N–H and O–H groups in total. The molecule has 0 saturated heterocycles. The SMILES string of the molecule is C.C.C.C.C.C.CN=C=O.N=C=O.N=C=O. The summed E-state index contributed by atoms with van der Waals surface area (Å²) < 4.78 is 0. The van der Waals surface area contributed by atoms with Crippen molar-refractivity contribution >= 4 is 18.2 Å². The maximum absolute atomic E-state index is 8.88. The van der Waals surface area contributed by atoms with Crippen molar-refractivity contribution in [3.63, 3.8) is 0 Å². The lowest BCUT2D eigenvalue weighted by Crippen LogP contribution is -1.38. The van der Waals surface area contributed by atoms with Crippen LogP contribution in [0.25, 0.3) is 0 Å². The molecule has 0 atom stereocenters. The van der Waals surface area contributed by atoms with Crippen LogP contribution in [0.4, 0.5) is 0 Å². The average Bonchev–Trinajstić information content (AvgIpc) is 1.91. The Balaban J connectivity index is -0.00000000558. The third-order valence-electron chi connectivity index (χ3n) is 0.0913. The first-order valence-corrected chi connectivity index (χ1v) is 1.78. The number of isocyanates is 3. The predicted molar refractivity (Wildman–Crippen MR) is 71.3 cm³/mol. The van der Waals surface area contributed by atoms with E-state index in [9.17, 15) is 0 Å². The van der Waals surface area contributed by atoms with Gasteiger partial charge < -0.3 is 0 Å². The zero-order valence-electron chi connectivity index (χ0n) is 5.17. The topological polar surface area (TPSA) is 111 Å². The van der Waals surface area contributed by atoms with Crippen molar-refractivity contribution in [3.8, 4) is 0 Å². The van der Waals surface area contributed by atoms with Crippen LogP contribution in [0, 0.1) is 10.8 Å². The van der Waals surface area contributed by atoms with E-state index in [-0.39, 0.29) is 44.6 Å². The molecule has 0 heterocycles. The van der Waals surface area contributed by atoms with Crippen LogP contribution in [0.15, 0.2) is 4.99 Å². The summed E-state index contributed by atoms with van der Waals surface area (Å²) in [7, 11) is 1.38. The van der Waals surface area contributed by atoms with E-state index in [4.69, 9.17) is 25.2 Å². The summed E-state index contributed by atoms with van der Waals surface area (Å²) in [5.41, 5.74) is 0. The van der Waals surface area contributed by atoms with Gasteiger partial charge in [-0.1, -0.05) is 44.6 Å². The van der Waals surface area contributed by atoms with Crippen LogP contribution in [0.2, 0.25) is 0 Å². The van der Waals surface area contributed by atoms with E-state index in [2.05, 4.69) is 4.99 Å². The first kappa shape index (κ1) is 92.4. The number of rotatable bonds is 0. The third-order valence-corrected chi connectivity index (χ3v) is 0.0913. The molecule has 6 heteroatoms. The fraction of sp³-hybridized carbons (Fsp3) is 0.700. The highest BCUT2D eigenvalue weighted by Crippen LogP contribution is 1.28. The third kappa shape index (κ3) is 2040. The molecule has 102 valence electrons. The van der Waals surface area contributed by atoms with E-state index in [0.717, 1.165) is 12.2 Å². The lowest BCUT2D eigenvalue weighted by Gasteiger charge is -1.36. The molecule has 0 spiro atoms. The van der Waals surface area contributed by atoms with Gasteiger partial charge in [-0.15, -0.1) is 0 Å². The second-order valence-electron chi connectivity index (χ2n) is 0.519. The summed E-state index contributed by atoms with van der Waals surface area (Å²) in [6.45, 7) is 0. The second-order valence-corrected chi connectivity index (χ2v) is 0.519. The molecule has 0 aliphatic heterocycles. The van der Waals surface area contributed by atoms with Crippen molar-refractivity contribution in [2.75, 3.05) is 7.05 Å². The summed E-state index contributed by atoms with van der Waals surface area (Å²) in [5, 5.41) is 10.8. The van der Waals surface area contributed by atoms with Gasteiger partial charge in [0.15, 0.2) is 0 Å². The number of nitrogens with zero attached hydrogens (tertiary/aromatic N) is 1. The van der Waals surface area contributed by atoms with E-state index in [0.29, 0.717) is 0 Å².